The second-order valence-electron chi connectivity index (χ2n) is 3.25. The summed E-state index contributed by atoms with van der Waals surface area (Å²) >= 11 is 0. The normalized spacial score (nSPS) is 16.4. The van der Waals surface area contributed by atoms with Crippen molar-refractivity contribution in [2.45, 2.75) is 25.2 Å². The van der Waals surface area contributed by atoms with E-state index in [2.05, 4.69) is 9.97 Å². The van der Waals surface area contributed by atoms with Gasteiger partial charge >= 0.3 is 0 Å². The minimum absolute atomic E-state index is 0.656. The molecule has 0 aromatic carbocycles. The predicted octanol–water partition coefficient (Wildman–Crippen LogP) is 0.855. The summed E-state index contributed by atoms with van der Waals surface area (Å²) in [6.45, 7) is 0.656. The van der Waals surface area contributed by atoms with E-state index < -0.39 is 0 Å². The van der Waals surface area contributed by atoms with Crippen LogP contribution in [-0.2, 0) is 6.42 Å². The molecule has 1 saturated carbocycles. The molecule has 0 amide bonds. The molecule has 1 heterocycles. The lowest BCUT2D eigenvalue weighted by molar-refractivity contribution is 0.869. The summed E-state index contributed by atoms with van der Waals surface area (Å²) in [5.74, 6) is 0.690. The first-order valence-electron chi connectivity index (χ1n) is 4.41. The van der Waals surface area contributed by atoms with Gasteiger partial charge in [-0.3, -0.25) is 9.97 Å². The lowest BCUT2D eigenvalue weighted by Gasteiger charge is -1.99. The lowest BCUT2D eigenvalue weighted by Crippen LogP contribution is -2.05. The Kier molecular flexibility index (Phi) is 2.04. The van der Waals surface area contributed by atoms with Crippen LogP contribution in [0.1, 0.15) is 30.1 Å². The van der Waals surface area contributed by atoms with Crippen LogP contribution in [0, 0.1) is 0 Å². The molecule has 2 N–H and O–H groups in total. The average Bonchev–Trinajstić information content (AvgIpc) is 2.88. The highest BCUT2D eigenvalue weighted by Crippen LogP contribution is 2.38. The molecule has 0 radical (unpaired) electrons. The highest BCUT2D eigenvalue weighted by Gasteiger charge is 2.25. The number of hydrogen-bond donors (Lipinski definition) is 1. The van der Waals surface area contributed by atoms with Crippen LogP contribution in [0.2, 0.25) is 0 Å². The molecule has 1 aliphatic carbocycles. The van der Waals surface area contributed by atoms with Crippen LogP contribution >= 0.6 is 0 Å². The Morgan fingerprint density at radius 3 is 2.92 bits per heavy atom. The molecule has 1 aliphatic rings. The SMILES string of the molecule is NCCc1cncc(C2CC2)n1. The number of nitrogens with two attached hydrogens (primary N) is 1. The molecule has 3 nitrogen and oxygen atoms in total. The van der Waals surface area contributed by atoms with Gasteiger partial charge in [0.1, 0.15) is 0 Å². The second kappa shape index (κ2) is 3.19. The maximum atomic E-state index is 5.43. The third-order valence-electron chi connectivity index (χ3n) is 2.10. The molecular formula is C9H13N3. The summed E-state index contributed by atoms with van der Waals surface area (Å²) in [6.07, 6.45) is 7.07. The van der Waals surface area contributed by atoms with Crippen LogP contribution < -0.4 is 5.73 Å². The van der Waals surface area contributed by atoms with Crippen LogP contribution in [-0.4, -0.2) is 16.5 Å². The summed E-state index contributed by atoms with van der Waals surface area (Å²) in [5.41, 5.74) is 7.62. The van der Waals surface area contributed by atoms with Crippen LogP contribution in [0.25, 0.3) is 0 Å². The molecule has 0 spiro atoms. The van der Waals surface area contributed by atoms with Gasteiger partial charge in [0, 0.05) is 24.7 Å². The number of aromatic nitrogens is 2. The summed E-state index contributed by atoms with van der Waals surface area (Å²) < 4.78 is 0. The van der Waals surface area contributed by atoms with Gasteiger partial charge in [-0.2, -0.15) is 0 Å². The fourth-order valence-electron chi connectivity index (χ4n) is 1.27. The fraction of sp³-hybridized carbons (Fsp3) is 0.556. The van der Waals surface area contributed by atoms with Gasteiger partial charge in [-0.25, -0.2) is 0 Å². The van der Waals surface area contributed by atoms with Crippen molar-refractivity contribution in [3.63, 3.8) is 0 Å². The molecule has 12 heavy (non-hydrogen) atoms. The van der Waals surface area contributed by atoms with Crippen molar-refractivity contribution >= 4 is 0 Å². The maximum Gasteiger partial charge on any atom is 0.0620 e. The van der Waals surface area contributed by atoms with E-state index in [4.69, 9.17) is 5.73 Å². The first-order chi connectivity index (χ1) is 5.90. The van der Waals surface area contributed by atoms with E-state index >= 15 is 0 Å². The first kappa shape index (κ1) is 7.68. The van der Waals surface area contributed by atoms with E-state index in [1.807, 2.05) is 6.20 Å². The molecule has 0 atom stereocenters. The van der Waals surface area contributed by atoms with Crippen LogP contribution in [0.5, 0.6) is 0 Å². The molecular weight excluding hydrogens is 150 g/mol. The van der Waals surface area contributed by atoms with Gasteiger partial charge in [0.2, 0.25) is 0 Å². The maximum absolute atomic E-state index is 5.43. The van der Waals surface area contributed by atoms with Crippen molar-refractivity contribution in [2.24, 2.45) is 5.73 Å². The van der Waals surface area contributed by atoms with Crippen molar-refractivity contribution in [1.29, 1.82) is 0 Å². The number of nitrogens with zero attached hydrogens (tertiary/aromatic N) is 2. The standard InChI is InChI=1S/C9H13N3/c10-4-3-8-5-11-6-9(12-8)7-1-2-7/h5-7H,1-4,10H2. The van der Waals surface area contributed by atoms with Gasteiger partial charge in [0.25, 0.3) is 0 Å². The zero-order valence-corrected chi connectivity index (χ0v) is 7.03. The Morgan fingerprint density at radius 2 is 2.25 bits per heavy atom. The fourth-order valence-corrected chi connectivity index (χ4v) is 1.27. The molecule has 1 aromatic rings. The van der Waals surface area contributed by atoms with Gasteiger partial charge in [0.15, 0.2) is 0 Å². The zero-order chi connectivity index (χ0) is 8.39. The smallest absolute Gasteiger partial charge is 0.0620 e. The molecule has 2 rings (SSSR count). The van der Waals surface area contributed by atoms with Crippen molar-refractivity contribution in [2.75, 3.05) is 6.54 Å². The van der Waals surface area contributed by atoms with E-state index in [0.717, 1.165) is 17.8 Å². The van der Waals surface area contributed by atoms with Crippen LogP contribution in [0.3, 0.4) is 0 Å². The Hall–Kier alpha value is -0.960. The van der Waals surface area contributed by atoms with Crippen molar-refractivity contribution in [1.82, 2.24) is 9.97 Å². The van der Waals surface area contributed by atoms with E-state index in [1.165, 1.54) is 12.8 Å². The average molecular weight is 163 g/mol. The van der Waals surface area contributed by atoms with Crippen molar-refractivity contribution in [3.05, 3.63) is 23.8 Å². The summed E-state index contributed by atoms with van der Waals surface area (Å²) in [5, 5.41) is 0. The van der Waals surface area contributed by atoms with Crippen molar-refractivity contribution in [3.8, 4) is 0 Å². The van der Waals surface area contributed by atoms with E-state index in [1.54, 1.807) is 6.20 Å². The Balaban J connectivity index is 2.15. The minimum Gasteiger partial charge on any atom is -0.330 e. The molecule has 64 valence electrons. The molecule has 0 bridgehead atoms. The second-order valence-corrected chi connectivity index (χ2v) is 3.25. The summed E-state index contributed by atoms with van der Waals surface area (Å²) in [4.78, 5) is 8.63. The molecule has 1 aromatic heterocycles. The third-order valence-corrected chi connectivity index (χ3v) is 2.10. The Morgan fingerprint density at radius 1 is 1.42 bits per heavy atom. The third kappa shape index (κ3) is 1.61. The van der Waals surface area contributed by atoms with Gasteiger partial charge in [0.05, 0.1) is 11.4 Å². The quantitative estimate of drug-likeness (QED) is 0.718. The minimum atomic E-state index is 0.656. The molecule has 1 fully saturated rings. The zero-order valence-electron chi connectivity index (χ0n) is 7.03. The summed E-state index contributed by atoms with van der Waals surface area (Å²) in [7, 11) is 0. The monoisotopic (exact) mass is 163 g/mol. The summed E-state index contributed by atoms with van der Waals surface area (Å²) in [6, 6.07) is 0. The highest BCUT2D eigenvalue weighted by atomic mass is 14.8. The molecule has 3 heteroatoms. The number of hydrogen-bond acceptors (Lipinski definition) is 3. The topological polar surface area (TPSA) is 51.8 Å². The Bertz CT molecular complexity index is 268. The lowest BCUT2D eigenvalue weighted by atomic mass is 10.2. The van der Waals surface area contributed by atoms with Gasteiger partial charge in [-0.05, 0) is 19.4 Å². The number of rotatable bonds is 3. The molecule has 0 aliphatic heterocycles. The first-order valence-corrected chi connectivity index (χ1v) is 4.41. The van der Waals surface area contributed by atoms with Crippen LogP contribution in [0.4, 0.5) is 0 Å². The van der Waals surface area contributed by atoms with E-state index in [-0.39, 0.29) is 0 Å². The predicted molar refractivity (Wildman–Crippen MR) is 46.8 cm³/mol. The van der Waals surface area contributed by atoms with E-state index in [9.17, 15) is 0 Å². The van der Waals surface area contributed by atoms with Gasteiger partial charge in [-0.1, -0.05) is 0 Å². The largest absolute Gasteiger partial charge is 0.330 e. The van der Waals surface area contributed by atoms with Crippen molar-refractivity contribution < 1.29 is 0 Å². The van der Waals surface area contributed by atoms with Gasteiger partial charge < -0.3 is 5.73 Å². The van der Waals surface area contributed by atoms with E-state index in [0.29, 0.717) is 12.5 Å². The molecule has 0 unspecified atom stereocenters. The molecule has 0 saturated heterocycles. The highest BCUT2D eigenvalue weighted by molar-refractivity contribution is 5.13. The Labute approximate surface area is 72.0 Å². The van der Waals surface area contributed by atoms with Gasteiger partial charge in [-0.15, -0.1) is 0 Å². The van der Waals surface area contributed by atoms with Crippen LogP contribution in [0.15, 0.2) is 12.4 Å².